The zero-order valence-corrected chi connectivity index (χ0v) is 10.9. The predicted molar refractivity (Wildman–Crippen MR) is 70.2 cm³/mol. The van der Waals surface area contributed by atoms with Crippen LogP contribution >= 0.6 is 22.6 Å². The van der Waals surface area contributed by atoms with Crippen molar-refractivity contribution < 1.29 is 4.74 Å². The number of nitrogens with one attached hydrogen (secondary N) is 1. The molecule has 0 bridgehead atoms. The van der Waals surface area contributed by atoms with E-state index in [9.17, 15) is 0 Å². The van der Waals surface area contributed by atoms with Crippen molar-refractivity contribution in [1.82, 2.24) is 5.32 Å². The lowest BCUT2D eigenvalue weighted by molar-refractivity contribution is 0.217. The standard InChI is InChI=1S/C12H16INO/c13-11-5-1-2-6-12(11)15-9-10-4-3-7-14-8-10/h1-2,5-6,10,14H,3-4,7-9H2/t10-/m0/s1. The first-order valence-electron chi connectivity index (χ1n) is 5.44. The number of ether oxygens (including phenoxy) is 1. The van der Waals surface area contributed by atoms with Crippen molar-refractivity contribution in [3.63, 3.8) is 0 Å². The fraction of sp³-hybridized carbons (Fsp3) is 0.500. The van der Waals surface area contributed by atoms with Gasteiger partial charge in [-0.15, -0.1) is 0 Å². The van der Waals surface area contributed by atoms with Crippen molar-refractivity contribution in [2.75, 3.05) is 19.7 Å². The summed E-state index contributed by atoms with van der Waals surface area (Å²) < 4.78 is 7.02. The summed E-state index contributed by atoms with van der Waals surface area (Å²) in [6.07, 6.45) is 2.57. The third kappa shape index (κ3) is 3.34. The summed E-state index contributed by atoms with van der Waals surface area (Å²) in [5.41, 5.74) is 0. The van der Waals surface area contributed by atoms with E-state index >= 15 is 0 Å². The molecule has 0 saturated carbocycles. The van der Waals surface area contributed by atoms with Crippen LogP contribution in [0.2, 0.25) is 0 Å². The third-order valence-corrected chi connectivity index (χ3v) is 3.60. The van der Waals surface area contributed by atoms with Crippen molar-refractivity contribution in [3.8, 4) is 5.75 Å². The highest BCUT2D eigenvalue weighted by molar-refractivity contribution is 14.1. The maximum atomic E-state index is 5.83. The first-order valence-corrected chi connectivity index (χ1v) is 6.52. The number of benzene rings is 1. The molecule has 0 radical (unpaired) electrons. The van der Waals surface area contributed by atoms with Crippen LogP contribution in [0.1, 0.15) is 12.8 Å². The van der Waals surface area contributed by atoms with Crippen LogP contribution in [0, 0.1) is 9.49 Å². The van der Waals surface area contributed by atoms with E-state index in [2.05, 4.69) is 34.0 Å². The minimum absolute atomic E-state index is 0.676. The molecular formula is C12H16INO. The predicted octanol–water partition coefficient (Wildman–Crippen LogP) is 2.67. The van der Waals surface area contributed by atoms with Crippen LogP contribution in [0.5, 0.6) is 5.75 Å². The van der Waals surface area contributed by atoms with Crippen LogP contribution in [0.15, 0.2) is 24.3 Å². The summed E-state index contributed by atoms with van der Waals surface area (Å²) in [7, 11) is 0. The fourth-order valence-corrected chi connectivity index (χ4v) is 2.38. The summed E-state index contributed by atoms with van der Waals surface area (Å²) >= 11 is 2.31. The highest BCUT2D eigenvalue weighted by Crippen LogP contribution is 2.21. The van der Waals surface area contributed by atoms with Gasteiger partial charge < -0.3 is 10.1 Å². The van der Waals surface area contributed by atoms with Crippen molar-refractivity contribution in [3.05, 3.63) is 27.8 Å². The quantitative estimate of drug-likeness (QED) is 0.866. The average molecular weight is 317 g/mol. The van der Waals surface area contributed by atoms with E-state index in [1.54, 1.807) is 0 Å². The molecule has 1 aromatic carbocycles. The van der Waals surface area contributed by atoms with E-state index in [4.69, 9.17) is 4.74 Å². The average Bonchev–Trinajstić information content (AvgIpc) is 2.29. The molecule has 1 fully saturated rings. The normalized spacial score (nSPS) is 21.3. The smallest absolute Gasteiger partial charge is 0.132 e. The van der Waals surface area contributed by atoms with Crippen LogP contribution in [-0.2, 0) is 0 Å². The van der Waals surface area contributed by atoms with Gasteiger partial charge in [-0.05, 0) is 54.1 Å². The van der Waals surface area contributed by atoms with E-state index in [0.717, 1.165) is 18.9 Å². The Labute approximate surface area is 105 Å². The van der Waals surface area contributed by atoms with Gasteiger partial charge in [0.2, 0.25) is 0 Å². The lowest BCUT2D eigenvalue weighted by Crippen LogP contribution is -2.33. The van der Waals surface area contributed by atoms with Gasteiger partial charge in [-0.1, -0.05) is 12.1 Å². The molecule has 1 heterocycles. The third-order valence-electron chi connectivity index (χ3n) is 2.71. The van der Waals surface area contributed by atoms with Gasteiger partial charge in [-0.25, -0.2) is 0 Å². The second-order valence-electron chi connectivity index (χ2n) is 3.95. The zero-order chi connectivity index (χ0) is 10.5. The minimum Gasteiger partial charge on any atom is -0.492 e. The molecular weight excluding hydrogens is 301 g/mol. The second-order valence-corrected chi connectivity index (χ2v) is 5.12. The highest BCUT2D eigenvalue weighted by atomic mass is 127. The van der Waals surface area contributed by atoms with E-state index in [1.165, 1.54) is 23.0 Å². The van der Waals surface area contributed by atoms with E-state index in [-0.39, 0.29) is 0 Å². The van der Waals surface area contributed by atoms with E-state index in [1.807, 2.05) is 18.2 Å². The van der Waals surface area contributed by atoms with E-state index in [0.29, 0.717) is 5.92 Å². The molecule has 2 rings (SSSR count). The van der Waals surface area contributed by atoms with Gasteiger partial charge in [0.25, 0.3) is 0 Å². The molecule has 3 heteroatoms. The van der Waals surface area contributed by atoms with Gasteiger partial charge >= 0.3 is 0 Å². The SMILES string of the molecule is Ic1ccccc1OC[C@H]1CCCNC1. The number of hydrogen-bond acceptors (Lipinski definition) is 2. The molecule has 0 aliphatic carbocycles. The van der Waals surface area contributed by atoms with Gasteiger partial charge in [0.1, 0.15) is 5.75 Å². The Morgan fingerprint density at radius 3 is 3.00 bits per heavy atom. The van der Waals surface area contributed by atoms with E-state index < -0.39 is 0 Å². The first kappa shape index (κ1) is 11.2. The van der Waals surface area contributed by atoms with Gasteiger partial charge in [0, 0.05) is 12.5 Å². The van der Waals surface area contributed by atoms with Gasteiger partial charge in [0.15, 0.2) is 0 Å². The summed E-state index contributed by atoms with van der Waals surface area (Å²) in [6, 6.07) is 8.18. The molecule has 1 aliphatic rings. The number of halogens is 1. The van der Waals surface area contributed by atoms with Crippen LogP contribution in [-0.4, -0.2) is 19.7 Å². The molecule has 0 unspecified atom stereocenters. The zero-order valence-electron chi connectivity index (χ0n) is 8.71. The van der Waals surface area contributed by atoms with Gasteiger partial charge in [-0.3, -0.25) is 0 Å². The van der Waals surface area contributed by atoms with Crippen molar-refractivity contribution >= 4 is 22.6 Å². The molecule has 1 N–H and O–H groups in total. The second kappa shape index (κ2) is 5.70. The molecule has 1 atom stereocenters. The van der Waals surface area contributed by atoms with Crippen molar-refractivity contribution in [1.29, 1.82) is 0 Å². The first-order chi connectivity index (χ1) is 7.36. The number of rotatable bonds is 3. The summed E-state index contributed by atoms with van der Waals surface area (Å²) in [4.78, 5) is 0. The Morgan fingerprint density at radius 1 is 1.40 bits per heavy atom. The number of para-hydroxylation sites is 1. The van der Waals surface area contributed by atoms with Crippen molar-refractivity contribution in [2.24, 2.45) is 5.92 Å². The van der Waals surface area contributed by atoms with Crippen LogP contribution in [0.25, 0.3) is 0 Å². The lowest BCUT2D eigenvalue weighted by atomic mass is 10.0. The minimum atomic E-state index is 0.676. The Kier molecular flexibility index (Phi) is 4.26. The molecule has 1 aliphatic heterocycles. The molecule has 2 nitrogen and oxygen atoms in total. The highest BCUT2D eigenvalue weighted by Gasteiger charge is 2.13. The lowest BCUT2D eigenvalue weighted by Gasteiger charge is -2.23. The maximum absolute atomic E-state index is 5.83. The fourth-order valence-electron chi connectivity index (χ4n) is 1.84. The Hall–Kier alpha value is -0.290. The van der Waals surface area contributed by atoms with Crippen LogP contribution < -0.4 is 10.1 Å². The molecule has 0 aromatic heterocycles. The molecule has 0 spiro atoms. The molecule has 1 saturated heterocycles. The Bertz CT molecular complexity index is 310. The van der Waals surface area contributed by atoms with Crippen LogP contribution in [0.3, 0.4) is 0 Å². The van der Waals surface area contributed by atoms with Gasteiger partial charge in [0.05, 0.1) is 10.2 Å². The maximum Gasteiger partial charge on any atom is 0.132 e. The molecule has 82 valence electrons. The Balaban J connectivity index is 1.84. The molecule has 0 amide bonds. The monoisotopic (exact) mass is 317 g/mol. The summed E-state index contributed by atoms with van der Waals surface area (Å²) in [5.74, 6) is 1.69. The summed E-state index contributed by atoms with van der Waals surface area (Å²) in [5, 5.41) is 3.40. The summed E-state index contributed by atoms with van der Waals surface area (Å²) in [6.45, 7) is 3.11. The number of piperidine rings is 1. The largest absolute Gasteiger partial charge is 0.492 e. The van der Waals surface area contributed by atoms with Crippen LogP contribution in [0.4, 0.5) is 0 Å². The Morgan fingerprint density at radius 2 is 2.27 bits per heavy atom. The molecule has 1 aromatic rings. The molecule has 15 heavy (non-hydrogen) atoms. The van der Waals surface area contributed by atoms with Crippen molar-refractivity contribution in [2.45, 2.75) is 12.8 Å². The van der Waals surface area contributed by atoms with Gasteiger partial charge in [-0.2, -0.15) is 0 Å². The topological polar surface area (TPSA) is 21.3 Å². The number of hydrogen-bond donors (Lipinski definition) is 1.